The van der Waals surface area contributed by atoms with Gasteiger partial charge in [0.05, 0.1) is 12.7 Å². The van der Waals surface area contributed by atoms with Crippen molar-refractivity contribution in [1.29, 1.82) is 0 Å². The molecular formula is C13H15NO4. The zero-order valence-electron chi connectivity index (χ0n) is 10.2. The molecule has 1 fully saturated rings. The number of methoxy groups -OCH3 is 1. The van der Waals surface area contributed by atoms with Crippen LogP contribution in [-0.4, -0.2) is 35.5 Å². The average molecular weight is 249 g/mol. The Bertz CT molecular complexity index is 484. The number of carbonyl (C=O) groups is 2. The monoisotopic (exact) mass is 249 g/mol. The molecule has 96 valence electrons. The van der Waals surface area contributed by atoms with Crippen LogP contribution in [0.5, 0.6) is 5.75 Å². The molecule has 1 aromatic rings. The summed E-state index contributed by atoms with van der Waals surface area (Å²) in [5, 5.41) is 8.96. The first-order valence-electron chi connectivity index (χ1n) is 5.80. The van der Waals surface area contributed by atoms with Crippen LogP contribution in [0.15, 0.2) is 18.2 Å². The van der Waals surface area contributed by atoms with Gasteiger partial charge in [0.1, 0.15) is 5.75 Å². The molecule has 1 amide bonds. The third-order valence-electron chi connectivity index (χ3n) is 3.06. The standard InChI is InChI=1S/C13H15NO4/c1-18-11-5-4-9(13(16)17)7-10(11)8-14-6-2-3-12(14)15/h4-5,7H,2-3,6,8H2,1H3,(H,16,17). The second-order valence-corrected chi connectivity index (χ2v) is 4.25. The van der Waals surface area contributed by atoms with Gasteiger partial charge in [-0.2, -0.15) is 0 Å². The number of likely N-dealkylation sites (tertiary alicyclic amines) is 1. The summed E-state index contributed by atoms with van der Waals surface area (Å²) in [6, 6.07) is 4.68. The molecule has 0 saturated carbocycles. The van der Waals surface area contributed by atoms with Crippen molar-refractivity contribution in [1.82, 2.24) is 4.90 Å². The number of carboxylic acid groups (broad SMARTS) is 1. The van der Waals surface area contributed by atoms with E-state index in [0.29, 0.717) is 18.7 Å². The smallest absolute Gasteiger partial charge is 0.335 e. The summed E-state index contributed by atoms with van der Waals surface area (Å²) in [5.74, 6) is -0.260. The first-order valence-corrected chi connectivity index (χ1v) is 5.80. The van der Waals surface area contributed by atoms with Crippen LogP contribution in [-0.2, 0) is 11.3 Å². The number of carbonyl (C=O) groups excluding carboxylic acids is 1. The Balaban J connectivity index is 2.26. The van der Waals surface area contributed by atoms with E-state index in [0.717, 1.165) is 18.5 Å². The summed E-state index contributed by atoms with van der Waals surface area (Å²) >= 11 is 0. The van der Waals surface area contributed by atoms with Crippen molar-refractivity contribution >= 4 is 11.9 Å². The molecule has 0 bridgehead atoms. The van der Waals surface area contributed by atoms with E-state index in [2.05, 4.69) is 0 Å². The third kappa shape index (κ3) is 2.45. The highest BCUT2D eigenvalue weighted by molar-refractivity contribution is 5.88. The zero-order chi connectivity index (χ0) is 13.1. The van der Waals surface area contributed by atoms with Crippen molar-refractivity contribution in [2.24, 2.45) is 0 Å². The summed E-state index contributed by atoms with van der Waals surface area (Å²) < 4.78 is 5.19. The molecule has 5 heteroatoms. The predicted molar refractivity (Wildman–Crippen MR) is 64.6 cm³/mol. The number of rotatable bonds is 4. The molecule has 1 heterocycles. The Morgan fingerprint density at radius 3 is 2.83 bits per heavy atom. The Kier molecular flexibility index (Phi) is 3.50. The number of amides is 1. The van der Waals surface area contributed by atoms with Crippen LogP contribution >= 0.6 is 0 Å². The summed E-state index contributed by atoms with van der Waals surface area (Å²) in [5.41, 5.74) is 0.935. The van der Waals surface area contributed by atoms with Gasteiger partial charge in [0.15, 0.2) is 0 Å². The Morgan fingerprint density at radius 1 is 1.50 bits per heavy atom. The van der Waals surface area contributed by atoms with Crippen molar-refractivity contribution in [3.8, 4) is 5.75 Å². The highest BCUT2D eigenvalue weighted by atomic mass is 16.5. The fourth-order valence-corrected chi connectivity index (χ4v) is 2.11. The van der Waals surface area contributed by atoms with E-state index in [4.69, 9.17) is 9.84 Å². The minimum absolute atomic E-state index is 0.109. The summed E-state index contributed by atoms with van der Waals surface area (Å²) in [4.78, 5) is 24.2. The molecule has 18 heavy (non-hydrogen) atoms. The van der Waals surface area contributed by atoms with Crippen LogP contribution in [0.1, 0.15) is 28.8 Å². The zero-order valence-corrected chi connectivity index (χ0v) is 10.2. The average Bonchev–Trinajstić information content (AvgIpc) is 2.75. The van der Waals surface area contributed by atoms with Crippen LogP contribution in [0, 0.1) is 0 Å². The van der Waals surface area contributed by atoms with Gasteiger partial charge >= 0.3 is 5.97 Å². The molecule has 1 aromatic carbocycles. The van der Waals surface area contributed by atoms with Crippen LogP contribution in [0.4, 0.5) is 0 Å². The van der Waals surface area contributed by atoms with Gasteiger partial charge in [-0.05, 0) is 24.6 Å². The lowest BCUT2D eigenvalue weighted by atomic mass is 10.1. The number of carboxylic acids is 1. The molecule has 0 unspecified atom stereocenters. The van der Waals surface area contributed by atoms with Crippen molar-refractivity contribution < 1.29 is 19.4 Å². The fourth-order valence-electron chi connectivity index (χ4n) is 2.11. The van der Waals surface area contributed by atoms with Gasteiger partial charge < -0.3 is 14.7 Å². The lowest BCUT2D eigenvalue weighted by molar-refractivity contribution is -0.128. The van der Waals surface area contributed by atoms with Crippen LogP contribution < -0.4 is 4.74 Å². The molecule has 0 aromatic heterocycles. The van der Waals surface area contributed by atoms with Crippen LogP contribution in [0.3, 0.4) is 0 Å². The van der Waals surface area contributed by atoms with Gasteiger partial charge in [0.25, 0.3) is 0 Å². The molecule has 5 nitrogen and oxygen atoms in total. The highest BCUT2D eigenvalue weighted by Crippen LogP contribution is 2.23. The number of nitrogens with zero attached hydrogens (tertiary/aromatic N) is 1. The fraction of sp³-hybridized carbons (Fsp3) is 0.385. The van der Waals surface area contributed by atoms with Gasteiger partial charge in [-0.3, -0.25) is 4.79 Å². The Morgan fingerprint density at radius 2 is 2.28 bits per heavy atom. The van der Waals surface area contributed by atoms with E-state index in [1.807, 2.05) is 0 Å². The number of benzene rings is 1. The normalized spacial score (nSPS) is 14.9. The predicted octanol–water partition coefficient (Wildman–Crippen LogP) is 1.52. The topological polar surface area (TPSA) is 66.8 Å². The Hall–Kier alpha value is -2.04. The lowest BCUT2D eigenvalue weighted by Crippen LogP contribution is -2.24. The van der Waals surface area contributed by atoms with Crippen molar-refractivity contribution in [3.63, 3.8) is 0 Å². The largest absolute Gasteiger partial charge is 0.496 e. The molecule has 1 aliphatic heterocycles. The van der Waals surface area contributed by atoms with Crippen molar-refractivity contribution in [3.05, 3.63) is 29.3 Å². The SMILES string of the molecule is COc1ccc(C(=O)O)cc1CN1CCCC1=O. The number of hydrogen-bond donors (Lipinski definition) is 1. The molecule has 1 saturated heterocycles. The van der Waals surface area contributed by atoms with E-state index in [9.17, 15) is 9.59 Å². The minimum atomic E-state index is -0.980. The maximum Gasteiger partial charge on any atom is 0.335 e. The van der Waals surface area contributed by atoms with Gasteiger partial charge in [0.2, 0.25) is 5.91 Å². The quantitative estimate of drug-likeness (QED) is 0.878. The van der Waals surface area contributed by atoms with Crippen LogP contribution in [0.2, 0.25) is 0 Å². The molecule has 2 rings (SSSR count). The molecule has 1 aliphatic rings. The molecule has 0 atom stereocenters. The second-order valence-electron chi connectivity index (χ2n) is 4.25. The number of ether oxygens (including phenoxy) is 1. The number of hydrogen-bond acceptors (Lipinski definition) is 3. The molecule has 1 N–H and O–H groups in total. The summed E-state index contributed by atoms with van der Waals surface area (Å²) in [7, 11) is 1.53. The van der Waals surface area contributed by atoms with E-state index >= 15 is 0 Å². The van der Waals surface area contributed by atoms with Gasteiger partial charge in [-0.15, -0.1) is 0 Å². The maximum absolute atomic E-state index is 11.6. The number of aromatic carboxylic acids is 1. The minimum Gasteiger partial charge on any atom is -0.496 e. The highest BCUT2D eigenvalue weighted by Gasteiger charge is 2.21. The lowest BCUT2D eigenvalue weighted by Gasteiger charge is -2.17. The first kappa shape index (κ1) is 12.4. The van der Waals surface area contributed by atoms with Crippen molar-refractivity contribution in [2.75, 3.05) is 13.7 Å². The third-order valence-corrected chi connectivity index (χ3v) is 3.06. The first-order chi connectivity index (χ1) is 8.61. The maximum atomic E-state index is 11.6. The molecular weight excluding hydrogens is 234 g/mol. The van der Waals surface area contributed by atoms with Crippen LogP contribution in [0.25, 0.3) is 0 Å². The van der Waals surface area contributed by atoms with Gasteiger partial charge in [-0.1, -0.05) is 0 Å². The molecule has 0 spiro atoms. The Labute approximate surface area is 105 Å². The molecule has 0 aliphatic carbocycles. The van der Waals surface area contributed by atoms with E-state index in [1.54, 1.807) is 17.0 Å². The second kappa shape index (κ2) is 5.08. The van der Waals surface area contributed by atoms with E-state index < -0.39 is 5.97 Å². The molecule has 0 radical (unpaired) electrons. The van der Waals surface area contributed by atoms with Gasteiger partial charge in [-0.25, -0.2) is 4.79 Å². The summed E-state index contributed by atoms with van der Waals surface area (Å²) in [6.45, 7) is 1.13. The van der Waals surface area contributed by atoms with E-state index in [-0.39, 0.29) is 11.5 Å². The van der Waals surface area contributed by atoms with Gasteiger partial charge in [0, 0.05) is 25.1 Å². The van der Waals surface area contributed by atoms with E-state index in [1.165, 1.54) is 13.2 Å². The van der Waals surface area contributed by atoms with Crippen molar-refractivity contribution in [2.45, 2.75) is 19.4 Å². The summed E-state index contributed by atoms with van der Waals surface area (Å²) in [6.07, 6.45) is 1.43.